The Morgan fingerprint density at radius 2 is 1.88 bits per heavy atom. The van der Waals surface area contributed by atoms with Gasteiger partial charge in [-0.25, -0.2) is 0 Å². The molecule has 0 N–H and O–H groups in total. The van der Waals surface area contributed by atoms with Crippen molar-refractivity contribution in [2.24, 2.45) is 0 Å². The molecule has 1 atom stereocenters. The molecule has 0 spiro atoms. The van der Waals surface area contributed by atoms with E-state index in [0.29, 0.717) is 13.0 Å². The molecule has 2 aliphatic rings. The number of amides is 2. The first-order valence-electron chi connectivity index (χ1n) is 9.53. The zero-order valence-electron chi connectivity index (χ0n) is 15.3. The van der Waals surface area contributed by atoms with Gasteiger partial charge in [-0.3, -0.25) is 14.5 Å². The van der Waals surface area contributed by atoms with Crippen molar-refractivity contribution in [1.29, 1.82) is 0 Å². The van der Waals surface area contributed by atoms with Crippen molar-refractivity contribution in [2.45, 2.75) is 52.1 Å². The van der Waals surface area contributed by atoms with Crippen LogP contribution in [0.15, 0.2) is 0 Å². The molecule has 0 aromatic carbocycles. The quantitative estimate of drug-likeness (QED) is 0.703. The SMILES string of the molecule is CCN(CC)C(=O)CN1CCCN(C(=O)CCC2CCCO2)CC1. The van der Waals surface area contributed by atoms with Gasteiger partial charge >= 0.3 is 0 Å². The Labute approximate surface area is 146 Å². The zero-order valence-corrected chi connectivity index (χ0v) is 15.3. The number of hydrogen-bond acceptors (Lipinski definition) is 4. The largest absolute Gasteiger partial charge is 0.378 e. The second kappa shape index (κ2) is 9.99. The Balaban J connectivity index is 1.73. The van der Waals surface area contributed by atoms with Crippen molar-refractivity contribution < 1.29 is 14.3 Å². The van der Waals surface area contributed by atoms with Crippen LogP contribution in [0.1, 0.15) is 46.0 Å². The first kappa shape index (κ1) is 19.2. The lowest BCUT2D eigenvalue weighted by molar-refractivity contribution is -0.132. The van der Waals surface area contributed by atoms with Gasteiger partial charge in [-0.1, -0.05) is 0 Å². The standard InChI is InChI=1S/C18H33N3O3/c1-3-20(4-2)18(23)15-19-10-6-11-21(13-12-19)17(22)9-8-16-7-5-14-24-16/h16H,3-15H2,1-2H3. The monoisotopic (exact) mass is 339 g/mol. The Morgan fingerprint density at radius 3 is 2.54 bits per heavy atom. The number of nitrogens with zero attached hydrogens (tertiary/aromatic N) is 3. The fraction of sp³-hybridized carbons (Fsp3) is 0.889. The minimum absolute atomic E-state index is 0.193. The van der Waals surface area contributed by atoms with Crippen LogP contribution < -0.4 is 0 Å². The maximum absolute atomic E-state index is 12.4. The molecular formula is C18H33N3O3. The second-order valence-electron chi connectivity index (χ2n) is 6.75. The molecule has 2 fully saturated rings. The minimum Gasteiger partial charge on any atom is -0.378 e. The molecule has 0 bridgehead atoms. The van der Waals surface area contributed by atoms with Gasteiger partial charge in [-0.2, -0.15) is 0 Å². The summed E-state index contributed by atoms with van der Waals surface area (Å²) in [5, 5.41) is 0. The molecule has 6 heteroatoms. The number of likely N-dealkylation sites (N-methyl/N-ethyl adjacent to an activating group) is 1. The highest BCUT2D eigenvalue weighted by molar-refractivity contribution is 5.78. The van der Waals surface area contributed by atoms with Crippen molar-refractivity contribution in [3.8, 4) is 0 Å². The normalized spacial score (nSPS) is 22.4. The predicted octanol–water partition coefficient (Wildman–Crippen LogP) is 1.35. The summed E-state index contributed by atoms with van der Waals surface area (Å²) in [5.74, 6) is 0.431. The van der Waals surface area contributed by atoms with Gasteiger partial charge in [0.1, 0.15) is 0 Å². The lowest BCUT2D eigenvalue weighted by Gasteiger charge is -2.25. The van der Waals surface area contributed by atoms with E-state index in [1.54, 1.807) is 0 Å². The summed E-state index contributed by atoms with van der Waals surface area (Å²) in [6.07, 6.45) is 4.87. The number of ether oxygens (including phenoxy) is 1. The smallest absolute Gasteiger partial charge is 0.236 e. The maximum Gasteiger partial charge on any atom is 0.236 e. The van der Waals surface area contributed by atoms with Gasteiger partial charge in [-0.05, 0) is 39.5 Å². The van der Waals surface area contributed by atoms with Gasteiger partial charge in [0.15, 0.2) is 0 Å². The average molecular weight is 339 g/mol. The van der Waals surface area contributed by atoms with Crippen LogP contribution in [0.5, 0.6) is 0 Å². The van der Waals surface area contributed by atoms with Gasteiger partial charge in [0, 0.05) is 52.3 Å². The molecule has 0 radical (unpaired) electrons. The van der Waals surface area contributed by atoms with E-state index in [4.69, 9.17) is 4.74 Å². The fourth-order valence-corrected chi connectivity index (χ4v) is 3.56. The van der Waals surface area contributed by atoms with E-state index in [-0.39, 0.29) is 17.9 Å². The number of carbonyl (C=O) groups excluding carboxylic acids is 2. The van der Waals surface area contributed by atoms with E-state index >= 15 is 0 Å². The van der Waals surface area contributed by atoms with Crippen LogP contribution in [0.2, 0.25) is 0 Å². The third-order valence-corrected chi connectivity index (χ3v) is 5.12. The number of hydrogen-bond donors (Lipinski definition) is 0. The minimum atomic E-state index is 0.193. The van der Waals surface area contributed by atoms with Crippen LogP contribution in [-0.4, -0.2) is 85.0 Å². The lowest BCUT2D eigenvalue weighted by atomic mass is 10.1. The van der Waals surface area contributed by atoms with Crippen LogP contribution in [0, 0.1) is 0 Å². The highest BCUT2D eigenvalue weighted by atomic mass is 16.5. The summed E-state index contributed by atoms with van der Waals surface area (Å²) >= 11 is 0. The third-order valence-electron chi connectivity index (χ3n) is 5.12. The molecule has 24 heavy (non-hydrogen) atoms. The van der Waals surface area contributed by atoms with E-state index < -0.39 is 0 Å². The van der Waals surface area contributed by atoms with Crippen molar-refractivity contribution in [3.05, 3.63) is 0 Å². The number of rotatable bonds is 7. The van der Waals surface area contributed by atoms with E-state index in [2.05, 4.69) is 4.90 Å². The van der Waals surface area contributed by atoms with Gasteiger partial charge in [-0.15, -0.1) is 0 Å². The molecule has 2 rings (SSSR count). The Hall–Kier alpha value is -1.14. The summed E-state index contributed by atoms with van der Waals surface area (Å²) in [5.41, 5.74) is 0. The van der Waals surface area contributed by atoms with E-state index in [9.17, 15) is 9.59 Å². The molecule has 2 amide bonds. The zero-order chi connectivity index (χ0) is 17.4. The van der Waals surface area contributed by atoms with Gasteiger partial charge < -0.3 is 14.5 Å². The van der Waals surface area contributed by atoms with Gasteiger partial charge in [0.25, 0.3) is 0 Å². The first-order valence-corrected chi connectivity index (χ1v) is 9.53. The molecule has 0 aromatic heterocycles. The summed E-state index contributed by atoms with van der Waals surface area (Å²) in [4.78, 5) is 30.7. The lowest BCUT2D eigenvalue weighted by Crippen LogP contribution is -2.42. The average Bonchev–Trinajstić information content (AvgIpc) is 2.99. The highest BCUT2D eigenvalue weighted by Gasteiger charge is 2.23. The predicted molar refractivity (Wildman–Crippen MR) is 93.8 cm³/mol. The molecule has 6 nitrogen and oxygen atoms in total. The van der Waals surface area contributed by atoms with Crippen LogP contribution in [-0.2, 0) is 14.3 Å². The van der Waals surface area contributed by atoms with Gasteiger partial charge in [0.05, 0.1) is 12.6 Å². The summed E-state index contributed by atoms with van der Waals surface area (Å²) < 4.78 is 5.60. The van der Waals surface area contributed by atoms with Crippen LogP contribution >= 0.6 is 0 Å². The van der Waals surface area contributed by atoms with Crippen molar-refractivity contribution in [3.63, 3.8) is 0 Å². The Morgan fingerprint density at radius 1 is 1.08 bits per heavy atom. The van der Waals surface area contributed by atoms with E-state index in [0.717, 1.165) is 71.6 Å². The molecular weight excluding hydrogens is 306 g/mol. The third kappa shape index (κ3) is 5.74. The summed E-state index contributed by atoms with van der Waals surface area (Å²) in [7, 11) is 0. The summed E-state index contributed by atoms with van der Waals surface area (Å²) in [6.45, 7) is 10.1. The van der Waals surface area contributed by atoms with Crippen molar-refractivity contribution >= 4 is 11.8 Å². The summed E-state index contributed by atoms with van der Waals surface area (Å²) in [6, 6.07) is 0. The molecule has 0 aromatic rings. The Bertz CT molecular complexity index is 406. The second-order valence-corrected chi connectivity index (χ2v) is 6.75. The molecule has 1 unspecified atom stereocenters. The van der Waals surface area contributed by atoms with E-state index in [1.165, 1.54) is 0 Å². The molecule has 0 saturated carbocycles. The van der Waals surface area contributed by atoms with Crippen LogP contribution in [0.25, 0.3) is 0 Å². The molecule has 138 valence electrons. The fourth-order valence-electron chi connectivity index (χ4n) is 3.56. The molecule has 0 aliphatic carbocycles. The van der Waals surface area contributed by atoms with Crippen molar-refractivity contribution in [1.82, 2.24) is 14.7 Å². The van der Waals surface area contributed by atoms with Crippen molar-refractivity contribution in [2.75, 3.05) is 52.4 Å². The highest BCUT2D eigenvalue weighted by Crippen LogP contribution is 2.17. The van der Waals surface area contributed by atoms with Crippen LogP contribution in [0.4, 0.5) is 0 Å². The van der Waals surface area contributed by atoms with Crippen LogP contribution in [0.3, 0.4) is 0 Å². The Kier molecular flexibility index (Phi) is 7.99. The van der Waals surface area contributed by atoms with E-state index in [1.807, 2.05) is 23.6 Å². The maximum atomic E-state index is 12.4. The first-order chi connectivity index (χ1) is 11.6. The van der Waals surface area contributed by atoms with Gasteiger partial charge in [0.2, 0.25) is 11.8 Å². The molecule has 2 saturated heterocycles. The molecule has 2 heterocycles. The molecule has 2 aliphatic heterocycles. The number of carbonyl (C=O) groups is 2. The topological polar surface area (TPSA) is 53.1 Å².